The van der Waals surface area contributed by atoms with Gasteiger partial charge in [0.1, 0.15) is 5.76 Å². The highest BCUT2D eigenvalue weighted by molar-refractivity contribution is 6.31. The van der Waals surface area contributed by atoms with Crippen molar-refractivity contribution < 1.29 is 9.32 Å². The number of nitrogens with zero attached hydrogens (tertiary/aromatic N) is 1. The molecule has 5 nitrogen and oxygen atoms in total. The van der Waals surface area contributed by atoms with Gasteiger partial charge in [-0.3, -0.25) is 4.79 Å². The smallest absolute Gasteiger partial charge is 0.224 e. The van der Waals surface area contributed by atoms with Gasteiger partial charge in [-0.05, 0) is 37.1 Å². The minimum atomic E-state index is -0.0755. The number of halogens is 1. The lowest BCUT2D eigenvalue weighted by Crippen LogP contribution is -2.30. The molecule has 148 valence electrons. The molecule has 0 bridgehead atoms. The zero-order valence-corrected chi connectivity index (χ0v) is 17.1. The summed E-state index contributed by atoms with van der Waals surface area (Å²) in [6.45, 7) is 4.10. The highest BCUT2D eigenvalue weighted by Gasteiger charge is 2.22. The van der Waals surface area contributed by atoms with E-state index in [2.05, 4.69) is 21.5 Å². The van der Waals surface area contributed by atoms with Gasteiger partial charge in [-0.25, -0.2) is 0 Å². The van der Waals surface area contributed by atoms with Gasteiger partial charge in [0.25, 0.3) is 0 Å². The van der Waals surface area contributed by atoms with Crippen LogP contribution in [0.1, 0.15) is 34.1 Å². The summed E-state index contributed by atoms with van der Waals surface area (Å²) in [4.78, 5) is 16.0. The fraction of sp³-hybridized carbons (Fsp3) is 0.217. The molecule has 4 aromatic rings. The fourth-order valence-electron chi connectivity index (χ4n) is 3.72. The van der Waals surface area contributed by atoms with Crippen molar-refractivity contribution in [3.05, 3.63) is 87.9 Å². The Labute approximate surface area is 174 Å². The molecule has 0 saturated carbocycles. The molecule has 0 fully saturated rings. The number of hydrogen-bond donors (Lipinski definition) is 2. The number of carbonyl (C=O) groups excluding carboxylic acids is 1. The zero-order chi connectivity index (χ0) is 20.4. The molecule has 1 unspecified atom stereocenters. The molecule has 4 rings (SSSR count). The SMILES string of the molecule is Cc1noc(C)c1CC(=O)NCC(c1ccccc1Cl)c1c[nH]c2ccccc12. The monoisotopic (exact) mass is 407 g/mol. The number of aromatic amines is 1. The maximum Gasteiger partial charge on any atom is 0.224 e. The predicted octanol–water partition coefficient (Wildman–Crippen LogP) is 4.92. The third-order valence-electron chi connectivity index (χ3n) is 5.30. The van der Waals surface area contributed by atoms with E-state index in [1.54, 1.807) is 0 Å². The molecule has 0 aliphatic carbocycles. The molecule has 2 aromatic carbocycles. The molecule has 2 aromatic heterocycles. The molecular weight excluding hydrogens is 386 g/mol. The summed E-state index contributed by atoms with van der Waals surface area (Å²) in [6, 6.07) is 15.9. The second kappa shape index (κ2) is 8.13. The van der Waals surface area contributed by atoms with E-state index in [9.17, 15) is 4.79 Å². The van der Waals surface area contributed by atoms with Crippen LogP contribution in [0, 0.1) is 13.8 Å². The topological polar surface area (TPSA) is 70.9 Å². The normalized spacial score (nSPS) is 12.2. The first-order valence-corrected chi connectivity index (χ1v) is 9.91. The highest BCUT2D eigenvalue weighted by atomic mass is 35.5. The summed E-state index contributed by atoms with van der Waals surface area (Å²) in [5, 5.41) is 8.80. The second-order valence-electron chi connectivity index (χ2n) is 7.15. The van der Waals surface area contributed by atoms with E-state index < -0.39 is 0 Å². The fourth-order valence-corrected chi connectivity index (χ4v) is 3.99. The summed E-state index contributed by atoms with van der Waals surface area (Å²) in [7, 11) is 0. The summed E-state index contributed by atoms with van der Waals surface area (Å²) >= 11 is 6.52. The van der Waals surface area contributed by atoms with Crippen LogP contribution in [0.5, 0.6) is 0 Å². The van der Waals surface area contributed by atoms with Crippen LogP contribution in [0.3, 0.4) is 0 Å². The van der Waals surface area contributed by atoms with E-state index in [1.807, 2.05) is 62.5 Å². The van der Waals surface area contributed by atoms with Gasteiger partial charge in [0.15, 0.2) is 0 Å². The van der Waals surface area contributed by atoms with Gasteiger partial charge < -0.3 is 14.8 Å². The average Bonchev–Trinajstić information content (AvgIpc) is 3.28. The van der Waals surface area contributed by atoms with Crippen molar-refractivity contribution in [3.8, 4) is 0 Å². The summed E-state index contributed by atoms with van der Waals surface area (Å²) in [5.74, 6) is 0.529. The van der Waals surface area contributed by atoms with E-state index in [0.717, 1.165) is 33.3 Å². The lowest BCUT2D eigenvalue weighted by Gasteiger charge is -2.19. The Morgan fingerprint density at radius 3 is 2.66 bits per heavy atom. The van der Waals surface area contributed by atoms with Crippen LogP contribution in [0.2, 0.25) is 5.02 Å². The van der Waals surface area contributed by atoms with Crippen LogP contribution in [0.15, 0.2) is 59.3 Å². The number of fused-ring (bicyclic) bond motifs is 1. The Bertz CT molecular complexity index is 1140. The number of aryl methyl sites for hydroxylation is 2. The van der Waals surface area contributed by atoms with E-state index in [0.29, 0.717) is 17.3 Å². The maximum atomic E-state index is 12.6. The van der Waals surface area contributed by atoms with Crippen LogP contribution in [0.4, 0.5) is 0 Å². The van der Waals surface area contributed by atoms with Crippen LogP contribution in [-0.2, 0) is 11.2 Å². The molecule has 0 aliphatic heterocycles. The minimum Gasteiger partial charge on any atom is -0.361 e. The third kappa shape index (κ3) is 3.91. The quantitative estimate of drug-likeness (QED) is 0.476. The number of hydrogen-bond acceptors (Lipinski definition) is 3. The maximum absolute atomic E-state index is 12.6. The molecule has 0 spiro atoms. The first kappa shape index (κ1) is 19.3. The first-order chi connectivity index (χ1) is 14.0. The summed E-state index contributed by atoms with van der Waals surface area (Å²) in [6.07, 6.45) is 2.24. The van der Waals surface area contributed by atoms with Crippen LogP contribution < -0.4 is 5.32 Å². The second-order valence-corrected chi connectivity index (χ2v) is 7.55. The van der Waals surface area contributed by atoms with Gasteiger partial charge in [-0.1, -0.05) is 53.2 Å². The lowest BCUT2D eigenvalue weighted by molar-refractivity contribution is -0.120. The number of rotatable bonds is 6. The molecule has 0 saturated heterocycles. The number of benzene rings is 2. The van der Waals surface area contributed by atoms with E-state index >= 15 is 0 Å². The predicted molar refractivity (Wildman–Crippen MR) is 114 cm³/mol. The van der Waals surface area contributed by atoms with E-state index in [-0.39, 0.29) is 18.2 Å². The van der Waals surface area contributed by atoms with Gasteiger partial charge in [0.05, 0.1) is 12.1 Å². The number of H-pyrrole nitrogens is 1. The average molecular weight is 408 g/mol. The Morgan fingerprint density at radius 2 is 1.90 bits per heavy atom. The lowest BCUT2D eigenvalue weighted by atomic mass is 9.90. The molecule has 6 heteroatoms. The minimum absolute atomic E-state index is 0.0729. The van der Waals surface area contributed by atoms with Crippen molar-refractivity contribution in [2.24, 2.45) is 0 Å². The van der Waals surface area contributed by atoms with Gasteiger partial charge in [-0.2, -0.15) is 0 Å². The molecule has 29 heavy (non-hydrogen) atoms. The largest absolute Gasteiger partial charge is 0.361 e. The van der Waals surface area contributed by atoms with E-state index in [4.69, 9.17) is 16.1 Å². The number of nitrogens with one attached hydrogen (secondary N) is 2. The van der Waals surface area contributed by atoms with Gasteiger partial charge in [0.2, 0.25) is 5.91 Å². The van der Waals surface area contributed by atoms with E-state index in [1.165, 1.54) is 0 Å². The van der Waals surface area contributed by atoms with Crippen LogP contribution in [0.25, 0.3) is 10.9 Å². The Morgan fingerprint density at radius 1 is 1.14 bits per heavy atom. The van der Waals surface area contributed by atoms with Gasteiger partial charge in [0, 0.05) is 40.1 Å². The van der Waals surface area contributed by atoms with Gasteiger partial charge in [-0.15, -0.1) is 0 Å². The third-order valence-corrected chi connectivity index (χ3v) is 5.64. The summed E-state index contributed by atoms with van der Waals surface area (Å²) in [5.41, 5.74) is 4.73. The first-order valence-electron chi connectivity index (χ1n) is 9.53. The van der Waals surface area contributed by atoms with Crippen molar-refractivity contribution in [2.75, 3.05) is 6.54 Å². The number of aromatic nitrogens is 2. The number of amides is 1. The van der Waals surface area contributed by atoms with Crippen LogP contribution >= 0.6 is 11.6 Å². The van der Waals surface area contributed by atoms with Crippen molar-refractivity contribution in [3.63, 3.8) is 0 Å². The molecule has 0 radical (unpaired) electrons. The molecular formula is C23H22ClN3O2. The molecule has 1 atom stereocenters. The molecule has 2 heterocycles. The van der Waals surface area contributed by atoms with Gasteiger partial charge >= 0.3 is 0 Å². The van der Waals surface area contributed by atoms with Crippen molar-refractivity contribution in [1.29, 1.82) is 0 Å². The molecule has 1 amide bonds. The molecule has 0 aliphatic rings. The molecule has 2 N–H and O–H groups in total. The Balaban J connectivity index is 1.61. The van der Waals surface area contributed by atoms with Crippen molar-refractivity contribution in [2.45, 2.75) is 26.2 Å². The van der Waals surface area contributed by atoms with Crippen molar-refractivity contribution >= 4 is 28.4 Å². The Hall–Kier alpha value is -3.05. The summed E-state index contributed by atoms with van der Waals surface area (Å²) < 4.78 is 5.16. The van der Waals surface area contributed by atoms with Crippen molar-refractivity contribution in [1.82, 2.24) is 15.5 Å². The van der Waals surface area contributed by atoms with Crippen LogP contribution in [-0.4, -0.2) is 22.6 Å². The standard InChI is InChI=1S/C23H22ClN3O2/c1-14-18(15(2)29-27-14)11-23(28)26-13-19(16-7-3-5-9-21(16)24)20-12-25-22-10-6-4-8-17(20)22/h3-10,12,19,25H,11,13H2,1-2H3,(H,26,28). The highest BCUT2D eigenvalue weighted by Crippen LogP contribution is 2.34. The zero-order valence-electron chi connectivity index (χ0n) is 16.3. The number of carbonyl (C=O) groups is 1. The number of para-hydroxylation sites is 1. The Kier molecular flexibility index (Phi) is 5.41.